The zero-order chi connectivity index (χ0) is 20.3. The van der Waals surface area contributed by atoms with Gasteiger partial charge in [0.1, 0.15) is 17.5 Å². The number of allylic oxidation sites excluding steroid dienone is 1. The van der Waals surface area contributed by atoms with Crippen LogP contribution in [0.5, 0.6) is 0 Å². The summed E-state index contributed by atoms with van der Waals surface area (Å²) in [7, 11) is 0. The molecule has 0 aliphatic rings. The molecule has 28 heavy (non-hydrogen) atoms. The van der Waals surface area contributed by atoms with Gasteiger partial charge < -0.3 is 5.32 Å². The van der Waals surface area contributed by atoms with Gasteiger partial charge in [-0.05, 0) is 48.4 Å². The van der Waals surface area contributed by atoms with Gasteiger partial charge in [0.05, 0.1) is 5.69 Å². The summed E-state index contributed by atoms with van der Waals surface area (Å²) in [6.07, 6.45) is 0. The van der Waals surface area contributed by atoms with Crippen LogP contribution < -0.4 is 5.32 Å². The third-order valence-corrected chi connectivity index (χ3v) is 4.73. The lowest BCUT2D eigenvalue weighted by atomic mass is 9.84. The molecule has 144 valence electrons. The quantitative estimate of drug-likeness (QED) is 0.584. The molecule has 0 saturated heterocycles. The van der Waals surface area contributed by atoms with Crippen LogP contribution in [0.3, 0.4) is 0 Å². The number of halogens is 2. The summed E-state index contributed by atoms with van der Waals surface area (Å²) >= 11 is 0. The fourth-order valence-corrected chi connectivity index (χ4v) is 2.92. The van der Waals surface area contributed by atoms with E-state index >= 15 is 0 Å². The Morgan fingerprint density at radius 3 is 2.29 bits per heavy atom. The van der Waals surface area contributed by atoms with Gasteiger partial charge in [-0.1, -0.05) is 44.7 Å². The van der Waals surface area contributed by atoms with Crippen LogP contribution in [0.4, 0.5) is 14.6 Å². The fraction of sp³-hybridized carbons (Fsp3) is 0.217. The molecule has 3 rings (SSSR count). The van der Waals surface area contributed by atoms with Crippen molar-refractivity contribution in [2.24, 2.45) is 0 Å². The molecule has 3 nitrogen and oxygen atoms in total. The molecule has 0 aliphatic heterocycles. The first-order chi connectivity index (χ1) is 13.3. The average Bonchev–Trinajstić information content (AvgIpc) is 2.67. The molecule has 0 spiro atoms. The fourth-order valence-electron chi connectivity index (χ4n) is 2.92. The highest BCUT2D eigenvalue weighted by molar-refractivity contribution is 5.67. The molecule has 0 unspecified atom stereocenters. The van der Waals surface area contributed by atoms with Crippen LogP contribution in [0.2, 0.25) is 0 Å². The molecule has 1 N–H and O–H groups in total. The highest BCUT2D eigenvalue weighted by Crippen LogP contribution is 2.25. The number of nitrogens with one attached hydrogen (secondary N) is 1. The predicted octanol–water partition coefficient (Wildman–Crippen LogP) is 5.84. The van der Waals surface area contributed by atoms with Crippen LogP contribution in [-0.2, 0) is 5.41 Å². The van der Waals surface area contributed by atoms with Gasteiger partial charge in [-0.3, -0.25) is 0 Å². The molecule has 0 saturated carbocycles. The predicted molar refractivity (Wildman–Crippen MR) is 110 cm³/mol. The average molecular weight is 379 g/mol. The standard InChI is InChI=1S/C23H23F2N3/c1-15(2)19-10-5-16(13-20(19)25)21-11-12-22(28-27-21)26-14-23(3,4)17-6-8-18(24)9-7-17/h5-13H,1,14H2,2-4H3,(H,26,28). The van der Waals surface area contributed by atoms with E-state index in [1.165, 1.54) is 18.2 Å². The molecule has 0 radical (unpaired) electrons. The number of hydrogen-bond acceptors (Lipinski definition) is 3. The van der Waals surface area contributed by atoms with E-state index in [2.05, 4.69) is 35.9 Å². The second-order valence-corrected chi connectivity index (χ2v) is 7.52. The van der Waals surface area contributed by atoms with Gasteiger partial charge in [0.2, 0.25) is 0 Å². The van der Waals surface area contributed by atoms with Crippen LogP contribution in [0.1, 0.15) is 31.9 Å². The number of anilines is 1. The molecule has 0 fully saturated rings. The van der Waals surface area contributed by atoms with Gasteiger partial charge >= 0.3 is 0 Å². The van der Waals surface area contributed by atoms with E-state index in [1.807, 2.05) is 12.1 Å². The van der Waals surface area contributed by atoms with Crippen LogP contribution in [0.15, 0.2) is 61.2 Å². The molecule has 0 aliphatic carbocycles. The summed E-state index contributed by atoms with van der Waals surface area (Å²) in [5.74, 6) is 0.0506. The second kappa shape index (κ2) is 7.89. The third kappa shape index (κ3) is 4.42. The van der Waals surface area contributed by atoms with Gasteiger partial charge in [0.15, 0.2) is 0 Å². The maximum atomic E-state index is 14.2. The number of rotatable bonds is 6. The van der Waals surface area contributed by atoms with E-state index < -0.39 is 0 Å². The summed E-state index contributed by atoms with van der Waals surface area (Å²) < 4.78 is 27.3. The van der Waals surface area contributed by atoms with Crippen LogP contribution in [0.25, 0.3) is 16.8 Å². The van der Waals surface area contributed by atoms with E-state index in [4.69, 9.17) is 0 Å². The van der Waals surface area contributed by atoms with Crippen molar-refractivity contribution in [1.82, 2.24) is 10.2 Å². The summed E-state index contributed by atoms with van der Waals surface area (Å²) in [5, 5.41) is 11.6. The highest BCUT2D eigenvalue weighted by atomic mass is 19.1. The van der Waals surface area contributed by atoms with Crippen LogP contribution in [-0.4, -0.2) is 16.7 Å². The Labute approximate surface area is 164 Å². The number of nitrogens with zero attached hydrogens (tertiary/aromatic N) is 2. The van der Waals surface area contributed by atoms with Crippen molar-refractivity contribution in [2.75, 3.05) is 11.9 Å². The summed E-state index contributed by atoms with van der Waals surface area (Å²) in [5.41, 5.74) is 3.24. The molecule has 3 aromatic rings. The number of benzene rings is 2. The maximum Gasteiger partial charge on any atom is 0.148 e. The van der Waals surface area contributed by atoms with Crippen molar-refractivity contribution in [3.05, 3.63) is 83.9 Å². The van der Waals surface area contributed by atoms with Gasteiger partial charge in [-0.25, -0.2) is 8.78 Å². The van der Waals surface area contributed by atoms with Crippen molar-refractivity contribution >= 4 is 11.4 Å². The first-order valence-electron chi connectivity index (χ1n) is 9.06. The summed E-state index contributed by atoms with van der Waals surface area (Å²) in [4.78, 5) is 0. The normalized spacial score (nSPS) is 11.3. The Morgan fingerprint density at radius 1 is 1.00 bits per heavy atom. The van der Waals surface area contributed by atoms with Crippen molar-refractivity contribution in [1.29, 1.82) is 0 Å². The lowest BCUT2D eigenvalue weighted by molar-refractivity contribution is 0.552. The molecule has 0 bridgehead atoms. The Kier molecular flexibility index (Phi) is 5.54. The third-order valence-electron chi connectivity index (χ3n) is 4.73. The van der Waals surface area contributed by atoms with E-state index in [0.717, 1.165) is 5.56 Å². The van der Waals surface area contributed by atoms with Crippen molar-refractivity contribution < 1.29 is 8.78 Å². The highest BCUT2D eigenvalue weighted by Gasteiger charge is 2.20. The largest absolute Gasteiger partial charge is 0.368 e. The van der Waals surface area contributed by atoms with Crippen molar-refractivity contribution in [2.45, 2.75) is 26.2 Å². The van der Waals surface area contributed by atoms with Gasteiger partial charge in [-0.15, -0.1) is 10.2 Å². The zero-order valence-electron chi connectivity index (χ0n) is 16.3. The second-order valence-electron chi connectivity index (χ2n) is 7.52. The van der Waals surface area contributed by atoms with E-state index in [-0.39, 0.29) is 17.0 Å². The Morgan fingerprint density at radius 2 is 1.71 bits per heavy atom. The first kappa shape index (κ1) is 19.7. The van der Waals surface area contributed by atoms with Crippen LogP contribution in [0, 0.1) is 11.6 Å². The minimum absolute atomic E-state index is 0.213. The molecule has 1 aromatic heterocycles. The van der Waals surface area contributed by atoms with Crippen molar-refractivity contribution in [3.8, 4) is 11.3 Å². The molecule has 1 heterocycles. The summed E-state index contributed by atoms with van der Waals surface area (Å²) in [6, 6.07) is 15.1. The Hall–Kier alpha value is -3.08. The van der Waals surface area contributed by atoms with Gasteiger partial charge in [0.25, 0.3) is 0 Å². The Bertz CT molecular complexity index is 978. The lowest BCUT2D eigenvalue weighted by Crippen LogP contribution is -2.28. The summed E-state index contributed by atoms with van der Waals surface area (Å²) in [6.45, 7) is 10.3. The molecular weight excluding hydrogens is 356 g/mol. The Balaban J connectivity index is 1.70. The molecular formula is C23H23F2N3. The topological polar surface area (TPSA) is 37.8 Å². The molecule has 0 amide bonds. The van der Waals surface area contributed by atoms with E-state index in [1.54, 1.807) is 31.2 Å². The van der Waals surface area contributed by atoms with Crippen molar-refractivity contribution in [3.63, 3.8) is 0 Å². The smallest absolute Gasteiger partial charge is 0.148 e. The maximum absolute atomic E-state index is 14.2. The number of hydrogen-bond donors (Lipinski definition) is 1. The minimum atomic E-state index is -0.324. The lowest BCUT2D eigenvalue weighted by Gasteiger charge is -2.25. The molecule has 2 aromatic carbocycles. The minimum Gasteiger partial charge on any atom is -0.368 e. The van der Waals surface area contributed by atoms with Gasteiger partial charge in [0, 0.05) is 23.1 Å². The number of aromatic nitrogens is 2. The van der Waals surface area contributed by atoms with Crippen LogP contribution >= 0.6 is 0 Å². The monoisotopic (exact) mass is 379 g/mol. The van der Waals surface area contributed by atoms with E-state index in [0.29, 0.717) is 34.8 Å². The molecule has 0 atom stereocenters. The zero-order valence-corrected chi connectivity index (χ0v) is 16.3. The van der Waals surface area contributed by atoms with E-state index in [9.17, 15) is 8.78 Å². The van der Waals surface area contributed by atoms with Gasteiger partial charge in [-0.2, -0.15) is 0 Å². The first-order valence-corrected chi connectivity index (χ1v) is 9.06. The SMILES string of the molecule is C=C(C)c1ccc(-c2ccc(NCC(C)(C)c3ccc(F)cc3)nn2)cc1F. The molecule has 5 heteroatoms.